The average Bonchev–Trinajstić information content (AvgIpc) is 2.94. The van der Waals surface area contributed by atoms with Crippen LogP contribution in [0.5, 0.6) is 0 Å². The fourth-order valence-corrected chi connectivity index (χ4v) is 2.69. The Morgan fingerprint density at radius 1 is 1.30 bits per heavy atom. The van der Waals surface area contributed by atoms with Gasteiger partial charge in [-0.05, 0) is 26.5 Å². The smallest absolute Gasteiger partial charge is 0.225 e. The number of amides is 2. The summed E-state index contributed by atoms with van der Waals surface area (Å²) in [5, 5.41) is 5.99. The summed E-state index contributed by atoms with van der Waals surface area (Å²) in [6, 6.07) is 10.1. The summed E-state index contributed by atoms with van der Waals surface area (Å²) in [5.41, 5.74) is 1.10. The average molecular weight is 340 g/mol. The minimum Gasteiger partial charge on any atom is -0.354 e. The molecule has 1 heterocycles. The fourth-order valence-electron chi connectivity index (χ4n) is 2.69. The van der Waals surface area contributed by atoms with Crippen LogP contribution in [0.15, 0.2) is 30.3 Å². The van der Waals surface area contributed by atoms with Crippen molar-refractivity contribution >= 4 is 24.2 Å². The number of rotatable bonds is 6. The summed E-state index contributed by atoms with van der Waals surface area (Å²) in [4.78, 5) is 26.2. The number of likely N-dealkylation sites (N-methyl/N-ethyl adjacent to an activating group) is 1. The van der Waals surface area contributed by atoms with Crippen molar-refractivity contribution in [2.75, 3.05) is 20.1 Å². The van der Waals surface area contributed by atoms with Crippen LogP contribution < -0.4 is 10.6 Å². The molecule has 2 N–H and O–H groups in total. The molecule has 1 saturated heterocycles. The highest BCUT2D eigenvalue weighted by atomic mass is 35.5. The third kappa shape index (κ3) is 4.94. The van der Waals surface area contributed by atoms with Crippen LogP contribution in [0.2, 0.25) is 0 Å². The summed E-state index contributed by atoms with van der Waals surface area (Å²) in [7, 11) is 1.86. The van der Waals surface area contributed by atoms with Crippen LogP contribution in [-0.2, 0) is 9.59 Å². The molecule has 128 valence electrons. The van der Waals surface area contributed by atoms with Crippen molar-refractivity contribution in [3.63, 3.8) is 0 Å². The van der Waals surface area contributed by atoms with E-state index in [1.807, 2.05) is 51.2 Å². The van der Waals surface area contributed by atoms with Crippen molar-refractivity contribution in [1.82, 2.24) is 15.5 Å². The van der Waals surface area contributed by atoms with Gasteiger partial charge in [-0.25, -0.2) is 0 Å². The molecule has 3 atom stereocenters. The first-order valence-corrected chi connectivity index (χ1v) is 7.82. The van der Waals surface area contributed by atoms with Gasteiger partial charge in [0.05, 0.1) is 12.0 Å². The lowest BCUT2D eigenvalue weighted by atomic mass is 10.1. The predicted molar refractivity (Wildman–Crippen MR) is 93.5 cm³/mol. The highest BCUT2D eigenvalue weighted by molar-refractivity contribution is 5.89. The Hall–Kier alpha value is -1.59. The largest absolute Gasteiger partial charge is 0.354 e. The molecule has 2 amide bonds. The highest BCUT2D eigenvalue weighted by Gasteiger charge is 2.36. The SMILES string of the molecule is CNC(C)CNC(=O)C1CC(=O)N(C(C)c2ccccc2)C1.Cl. The molecule has 6 heteroatoms. The van der Waals surface area contributed by atoms with E-state index in [-0.39, 0.29) is 42.2 Å². The summed E-state index contributed by atoms with van der Waals surface area (Å²) in [6.45, 7) is 5.09. The molecule has 5 nitrogen and oxygen atoms in total. The maximum atomic E-state index is 12.2. The number of hydrogen-bond acceptors (Lipinski definition) is 3. The monoisotopic (exact) mass is 339 g/mol. The molecule has 23 heavy (non-hydrogen) atoms. The Morgan fingerprint density at radius 3 is 2.57 bits per heavy atom. The van der Waals surface area contributed by atoms with E-state index in [2.05, 4.69) is 10.6 Å². The lowest BCUT2D eigenvalue weighted by molar-refractivity contribution is -0.130. The van der Waals surface area contributed by atoms with Crippen LogP contribution in [0.3, 0.4) is 0 Å². The van der Waals surface area contributed by atoms with Gasteiger partial charge in [0.15, 0.2) is 0 Å². The molecule has 0 radical (unpaired) electrons. The summed E-state index contributed by atoms with van der Waals surface area (Å²) < 4.78 is 0. The quantitative estimate of drug-likeness (QED) is 0.830. The molecule has 0 aliphatic carbocycles. The minimum absolute atomic E-state index is 0. The van der Waals surface area contributed by atoms with Crippen LogP contribution in [0.4, 0.5) is 0 Å². The van der Waals surface area contributed by atoms with Crippen LogP contribution in [0.25, 0.3) is 0 Å². The zero-order valence-corrected chi connectivity index (χ0v) is 14.7. The molecular formula is C17H26ClN3O2. The van der Waals surface area contributed by atoms with Crippen LogP contribution in [0, 0.1) is 5.92 Å². The fraction of sp³-hybridized carbons (Fsp3) is 0.529. The van der Waals surface area contributed by atoms with Crippen molar-refractivity contribution in [2.24, 2.45) is 5.92 Å². The number of nitrogens with zero attached hydrogens (tertiary/aromatic N) is 1. The standard InChI is InChI=1S/C17H25N3O2.ClH/c1-12(18-3)10-19-17(22)15-9-16(21)20(11-15)13(2)14-7-5-4-6-8-14;/h4-8,12-13,15,18H,9-11H2,1-3H3,(H,19,22);1H. The van der Waals surface area contributed by atoms with Crippen molar-refractivity contribution in [3.8, 4) is 0 Å². The topological polar surface area (TPSA) is 61.4 Å². The van der Waals surface area contributed by atoms with Gasteiger partial charge in [0.25, 0.3) is 0 Å². The van der Waals surface area contributed by atoms with Crippen molar-refractivity contribution in [1.29, 1.82) is 0 Å². The van der Waals surface area contributed by atoms with Gasteiger partial charge in [0, 0.05) is 25.6 Å². The molecule has 1 aliphatic rings. The Balaban J connectivity index is 0.00000264. The number of nitrogens with one attached hydrogen (secondary N) is 2. The summed E-state index contributed by atoms with van der Waals surface area (Å²) >= 11 is 0. The summed E-state index contributed by atoms with van der Waals surface area (Å²) in [6.07, 6.45) is 0.303. The molecule has 0 bridgehead atoms. The second-order valence-corrected chi connectivity index (χ2v) is 5.97. The van der Waals surface area contributed by atoms with Crippen molar-refractivity contribution < 1.29 is 9.59 Å². The van der Waals surface area contributed by atoms with E-state index in [1.165, 1.54) is 0 Å². The Labute approximate surface area is 144 Å². The van der Waals surface area contributed by atoms with Crippen LogP contribution in [-0.4, -0.2) is 42.9 Å². The third-order valence-electron chi connectivity index (χ3n) is 4.35. The van der Waals surface area contributed by atoms with Crippen LogP contribution >= 0.6 is 12.4 Å². The van der Waals surface area contributed by atoms with E-state index in [1.54, 1.807) is 4.90 Å². The minimum atomic E-state index is -0.247. The van der Waals surface area contributed by atoms with Crippen molar-refractivity contribution in [3.05, 3.63) is 35.9 Å². The van der Waals surface area contributed by atoms with E-state index in [9.17, 15) is 9.59 Å². The third-order valence-corrected chi connectivity index (χ3v) is 4.35. The van der Waals surface area contributed by atoms with Gasteiger partial charge in [-0.2, -0.15) is 0 Å². The van der Waals surface area contributed by atoms with Gasteiger partial charge in [0.1, 0.15) is 0 Å². The molecular weight excluding hydrogens is 314 g/mol. The first-order chi connectivity index (χ1) is 10.5. The zero-order chi connectivity index (χ0) is 16.1. The maximum absolute atomic E-state index is 12.2. The molecule has 3 unspecified atom stereocenters. The van der Waals surface area contributed by atoms with Crippen molar-refractivity contribution in [2.45, 2.75) is 32.4 Å². The zero-order valence-electron chi connectivity index (χ0n) is 13.9. The summed E-state index contributed by atoms with van der Waals surface area (Å²) in [5.74, 6) is -0.223. The first kappa shape index (κ1) is 19.5. The number of halogens is 1. The Morgan fingerprint density at radius 2 is 1.96 bits per heavy atom. The Kier molecular flexibility index (Phi) is 7.52. The molecule has 1 aromatic rings. The van der Waals surface area contributed by atoms with Gasteiger partial charge < -0.3 is 15.5 Å². The van der Waals surface area contributed by atoms with E-state index in [0.29, 0.717) is 19.5 Å². The molecule has 1 aromatic carbocycles. The lowest BCUT2D eigenvalue weighted by Gasteiger charge is -2.25. The lowest BCUT2D eigenvalue weighted by Crippen LogP contribution is -2.40. The number of likely N-dealkylation sites (tertiary alicyclic amines) is 1. The normalized spacial score (nSPS) is 19.9. The van der Waals surface area contributed by atoms with E-state index >= 15 is 0 Å². The predicted octanol–water partition coefficient (Wildman–Crippen LogP) is 1.74. The first-order valence-electron chi connectivity index (χ1n) is 7.82. The van der Waals surface area contributed by atoms with Gasteiger partial charge >= 0.3 is 0 Å². The number of benzene rings is 1. The number of carbonyl (C=O) groups is 2. The van der Waals surface area contributed by atoms with E-state index in [4.69, 9.17) is 0 Å². The van der Waals surface area contributed by atoms with Gasteiger partial charge in [-0.3, -0.25) is 9.59 Å². The van der Waals surface area contributed by atoms with Gasteiger partial charge in [-0.1, -0.05) is 30.3 Å². The molecule has 0 spiro atoms. The number of carbonyl (C=O) groups excluding carboxylic acids is 2. The second kappa shape index (κ2) is 8.89. The Bertz CT molecular complexity index is 524. The van der Waals surface area contributed by atoms with E-state index in [0.717, 1.165) is 5.56 Å². The second-order valence-electron chi connectivity index (χ2n) is 5.97. The van der Waals surface area contributed by atoms with Gasteiger partial charge in [-0.15, -0.1) is 12.4 Å². The molecule has 1 aliphatic heterocycles. The molecule has 1 fully saturated rings. The number of hydrogen-bond donors (Lipinski definition) is 2. The highest BCUT2D eigenvalue weighted by Crippen LogP contribution is 2.28. The van der Waals surface area contributed by atoms with Crippen LogP contribution in [0.1, 0.15) is 31.9 Å². The molecule has 2 rings (SSSR count). The van der Waals surface area contributed by atoms with Gasteiger partial charge in [0.2, 0.25) is 11.8 Å². The molecule has 0 saturated carbocycles. The maximum Gasteiger partial charge on any atom is 0.225 e. The molecule has 0 aromatic heterocycles. The van der Waals surface area contributed by atoms with E-state index < -0.39 is 0 Å².